The zero-order valence-electron chi connectivity index (χ0n) is 21.7. The number of hydrogen-bond acceptors (Lipinski definition) is 4. The van der Waals surface area contributed by atoms with Crippen molar-refractivity contribution in [2.24, 2.45) is 0 Å². The first-order valence-corrected chi connectivity index (χ1v) is 10.7. The van der Waals surface area contributed by atoms with Crippen molar-refractivity contribution in [2.75, 3.05) is 0 Å². The van der Waals surface area contributed by atoms with Gasteiger partial charge in [0.1, 0.15) is 0 Å². The van der Waals surface area contributed by atoms with Crippen LogP contribution in [0, 0.1) is 26.8 Å². The minimum atomic E-state index is -0.417. The molecule has 178 valence electrons. The molecule has 1 aromatic heterocycles. The van der Waals surface area contributed by atoms with Crippen molar-refractivity contribution in [3.05, 3.63) is 101 Å². The third-order valence-corrected chi connectivity index (χ3v) is 4.98. The van der Waals surface area contributed by atoms with Gasteiger partial charge in [-0.05, 0) is 12.5 Å². The van der Waals surface area contributed by atoms with Gasteiger partial charge in [0.25, 0.3) is 0 Å². The van der Waals surface area contributed by atoms with E-state index in [0.29, 0.717) is 33.6 Å². The van der Waals surface area contributed by atoms with E-state index in [1.807, 2.05) is 49.8 Å². The van der Waals surface area contributed by atoms with Gasteiger partial charge in [-0.15, -0.1) is 17.2 Å². The number of allylic oxidation sites excluding steroid dienone is 1. The summed E-state index contributed by atoms with van der Waals surface area (Å²) >= 11 is 0. The average Bonchev–Trinajstić information content (AvgIpc) is 3.09. The van der Waals surface area contributed by atoms with Crippen molar-refractivity contribution in [1.29, 1.82) is 0 Å². The van der Waals surface area contributed by atoms with Crippen LogP contribution in [0.2, 0.25) is 0 Å². The number of rotatable bonds is 7. The van der Waals surface area contributed by atoms with E-state index in [1.165, 1.54) is 0 Å². The normalized spacial score (nSPS) is 12.0. The Bertz CT molecular complexity index is 1170. The van der Waals surface area contributed by atoms with Gasteiger partial charge in [0, 0.05) is 6.29 Å². The second-order valence-electron chi connectivity index (χ2n) is 7.87. The van der Waals surface area contributed by atoms with Gasteiger partial charge in [0.15, 0.2) is 0 Å². The van der Waals surface area contributed by atoms with Crippen LogP contribution in [0.15, 0.2) is 48.5 Å². The minimum Gasteiger partial charge on any atom is -0.432 e. The summed E-state index contributed by atoms with van der Waals surface area (Å²) in [6.45, 7) is 10.3. The fourth-order valence-electron chi connectivity index (χ4n) is 3.25. The van der Waals surface area contributed by atoms with Crippen LogP contribution in [-0.2, 0) is 9.59 Å². The number of aliphatic hydroxyl groups is 1. The summed E-state index contributed by atoms with van der Waals surface area (Å²) < 4.78 is 0. The van der Waals surface area contributed by atoms with E-state index in [-0.39, 0.29) is 120 Å². The standard InChI is InChI=1S/C25H21N2O3.C3H7O.2K/c1-16-23(15-29)18(3)26-24(16)13-22(14-28)20-10-7-11-21(12-20)25(30)27-17(2)19-8-5-4-6-9-19;1-3(2)4;;/h4-9,11-13,17,26H,1-3H3,(H,27,30);3-4H,1H2,2H3;;/q-3;-1;2*+1/b22-13+;;;. The second-order valence-corrected chi connectivity index (χ2v) is 7.87. The van der Waals surface area contributed by atoms with Gasteiger partial charge >= 0.3 is 103 Å². The van der Waals surface area contributed by atoms with Gasteiger partial charge in [-0.2, -0.15) is 18.2 Å². The molecule has 3 rings (SSSR count). The third-order valence-electron chi connectivity index (χ3n) is 4.98. The van der Waals surface area contributed by atoms with Crippen molar-refractivity contribution in [1.82, 2.24) is 10.3 Å². The molecule has 0 aliphatic rings. The quantitative estimate of drug-likeness (QED) is 0.190. The van der Waals surface area contributed by atoms with Gasteiger partial charge in [0.05, 0.1) is 12.3 Å². The molecule has 0 radical (unpaired) electrons. The second kappa shape index (κ2) is 17.9. The minimum absolute atomic E-state index is 0. The molecule has 3 aromatic rings. The van der Waals surface area contributed by atoms with Gasteiger partial charge in [-0.1, -0.05) is 74.2 Å². The average molecular weight is 535 g/mol. The molecule has 0 fully saturated rings. The molecule has 0 bridgehead atoms. The van der Waals surface area contributed by atoms with Crippen LogP contribution >= 0.6 is 0 Å². The summed E-state index contributed by atoms with van der Waals surface area (Å²) in [5, 5.41) is 10.9. The third kappa shape index (κ3) is 10.7. The molecular formula is C28H28K2N2O4-2. The van der Waals surface area contributed by atoms with Crippen molar-refractivity contribution in [3.63, 3.8) is 0 Å². The number of aromatic amines is 1. The van der Waals surface area contributed by atoms with Crippen LogP contribution in [-0.4, -0.2) is 34.7 Å². The van der Waals surface area contributed by atoms with Crippen molar-refractivity contribution in [3.8, 4) is 0 Å². The zero-order chi connectivity index (χ0) is 25.3. The number of benzene rings is 2. The van der Waals surface area contributed by atoms with Gasteiger partial charge in [-0.25, -0.2) is 11.6 Å². The van der Waals surface area contributed by atoms with E-state index in [4.69, 9.17) is 5.11 Å². The van der Waals surface area contributed by atoms with Crippen LogP contribution in [0.1, 0.15) is 63.9 Å². The fraction of sp³-hybridized carbons (Fsp3) is 0.214. The van der Waals surface area contributed by atoms with E-state index < -0.39 is 6.10 Å². The molecule has 0 saturated heterocycles. The molecule has 0 spiro atoms. The molecule has 1 heterocycles. The number of aryl methyl sites for hydroxylation is 1. The summed E-state index contributed by atoms with van der Waals surface area (Å²) in [5.74, 6) is -0.253. The number of aliphatic hydroxyl groups excluding tert-OH is 1. The first-order valence-electron chi connectivity index (χ1n) is 10.7. The SMILES string of the molecule is Cc1[nH]c(/C=C(\[C-]=O)c2[c-]ccc(C(=O)NC(C)c3ccccc3)c2)c(C)c1[C-]=O.[CH2-]C(C)O.[K+].[K+]. The number of carbonyl (C=O) groups excluding carboxylic acids is 3. The topological polar surface area (TPSA) is 99.3 Å². The molecule has 6 nitrogen and oxygen atoms in total. The number of nitrogens with one attached hydrogen (secondary N) is 2. The Morgan fingerprint density at radius 1 is 1.14 bits per heavy atom. The van der Waals surface area contributed by atoms with E-state index in [0.717, 1.165) is 5.56 Å². The van der Waals surface area contributed by atoms with Crippen molar-refractivity contribution < 1.29 is 122 Å². The number of aromatic nitrogens is 1. The van der Waals surface area contributed by atoms with E-state index in [1.54, 1.807) is 45.0 Å². The molecular weight excluding hydrogens is 507 g/mol. The van der Waals surface area contributed by atoms with Crippen LogP contribution in [0.4, 0.5) is 0 Å². The predicted octanol–water partition coefficient (Wildman–Crippen LogP) is -1.76. The molecule has 0 aliphatic carbocycles. The Balaban J connectivity index is 0.00000190. The van der Waals surface area contributed by atoms with Crippen molar-refractivity contribution in [2.45, 2.75) is 39.8 Å². The summed E-state index contributed by atoms with van der Waals surface area (Å²) in [7, 11) is 0. The molecule has 0 aliphatic heterocycles. The zero-order valence-corrected chi connectivity index (χ0v) is 28.0. The van der Waals surface area contributed by atoms with Crippen LogP contribution in [0.25, 0.3) is 11.6 Å². The van der Waals surface area contributed by atoms with Crippen LogP contribution in [0.5, 0.6) is 0 Å². The molecule has 2 unspecified atom stereocenters. The van der Waals surface area contributed by atoms with Gasteiger partial charge < -0.3 is 31.9 Å². The first-order chi connectivity index (χ1) is 16.2. The number of amides is 1. The number of H-pyrrole nitrogens is 1. The van der Waals surface area contributed by atoms with Crippen molar-refractivity contribution >= 4 is 30.1 Å². The van der Waals surface area contributed by atoms with Crippen LogP contribution < -0.4 is 108 Å². The number of hydrogen-bond donors (Lipinski definition) is 3. The molecule has 3 N–H and O–H groups in total. The molecule has 0 saturated carbocycles. The maximum absolute atomic E-state index is 12.7. The predicted molar refractivity (Wildman–Crippen MR) is 133 cm³/mol. The maximum Gasteiger partial charge on any atom is 1.00 e. The van der Waals surface area contributed by atoms with Crippen LogP contribution in [0.3, 0.4) is 0 Å². The Labute approximate surface area is 298 Å². The fourth-order valence-corrected chi connectivity index (χ4v) is 3.25. The Morgan fingerprint density at radius 3 is 2.28 bits per heavy atom. The van der Waals surface area contributed by atoms with E-state index >= 15 is 0 Å². The molecule has 2 aromatic carbocycles. The Kier molecular flexibility index (Phi) is 17.7. The smallest absolute Gasteiger partial charge is 0.432 e. The maximum atomic E-state index is 12.7. The molecule has 36 heavy (non-hydrogen) atoms. The first kappa shape index (κ1) is 35.5. The largest absolute Gasteiger partial charge is 1.00 e. The summed E-state index contributed by atoms with van der Waals surface area (Å²) in [5.41, 5.74) is 4.50. The summed E-state index contributed by atoms with van der Waals surface area (Å²) in [6.07, 6.45) is 4.98. The molecule has 1 amide bonds. The van der Waals surface area contributed by atoms with E-state index in [9.17, 15) is 14.4 Å². The molecule has 8 heteroatoms. The monoisotopic (exact) mass is 534 g/mol. The van der Waals surface area contributed by atoms with Gasteiger partial charge in [-0.3, -0.25) is 10.4 Å². The molecule has 2 atom stereocenters. The van der Waals surface area contributed by atoms with E-state index in [2.05, 4.69) is 23.3 Å². The summed E-state index contributed by atoms with van der Waals surface area (Å²) in [4.78, 5) is 38.5. The van der Waals surface area contributed by atoms with Gasteiger partial charge in [0.2, 0.25) is 5.91 Å². The summed E-state index contributed by atoms with van der Waals surface area (Å²) in [6, 6.07) is 17.3. The number of carbonyl (C=O) groups is 1. The Hall–Kier alpha value is -0.497. The Morgan fingerprint density at radius 2 is 1.75 bits per heavy atom.